The van der Waals surface area contributed by atoms with Gasteiger partial charge in [-0.25, -0.2) is 17.8 Å². The van der Waals surface area contributed by atoms with Crippen LogP contribution in [0.4, 0.5) is 5.95 Å². The van der Waals surface area contributed by atoms with Crippen LogP contribution in [0.3, 0.4) is 0 Å². The van der Waals surface area contributed by atoms with E-state index in [9.17, 15) is 8.42 Å². The van der Waals surface area contributed by atoms with Gasteiger partial charge in [0.1, 0.15) is 6.33 Å². The maximum atomic E-state index is 12.3. The number of aromatic nitrogens is 3. The van der Waals surface area contributed by atoms with Gasteiger partial charge in [0.05, 0.1) is 4.90 Å². The quantitative estimate of drug-likeness (QED) is 0.857. The van der Waals surface area contributed by atoms with Gasteiger partial charge in [-0.15, -0.1) is 0 Å². The molecule has 0 bridgehead atoms. The topological polar surface area (TPSA) is 103 Å². The summed E-state index contributed by atoms with van der Waals surface area (Å²) < 4.78 is 28.3. The Balaban J connectivity index is 2.32. The van der Waals surface area contributed by atoms with Crippen molar-refractivity contribution in [2.24, 2.45) is 12.8 Å². The summed E-state index contributed by atoms with van der Waals surface area (Å²) in [4.78, 5) is 3.99. The van der Waals surface area contributed by atoms with Crippen molar-refractivity contribution < 1.29 is 8.42 Å². The molecule has 0 radical (unpaired) electrons. The molecule has 0 saturated heterocycles. The minimum Gasteiger partial charge on any atom is -0.324 e. The first-order chi connectivity index (χ1) is 9.44. The summed E-state index contributed by atoms with van der Waals surface area (Å²) in [5.41, 5.74) is 6.71. The molecule has 1 unspecified atom stereocenters. The second-order valence-corrected chi connectivity index (χ2v) is 6.08. The highest BCUT2D eigenvalue weighted by Crippen LogP contribution is 2.19. The Labute approximate surface area is 117 Å². The van der Waals surface area contributed by atoms with Crippen LogP contribution in [0.1, 0.15) is 24.9 Å². The molecule has 2 aromatic rings. The Bertz CT molecular complexity index is 695. The summed E-state index contributed by atoms with van der Waals surface area (Å²) in [7, 11) is -2.09. The average molecular weight is 295 g/mol. The van der Waals surface area contributed by atoms with Crippen LogP contribution in [0, 0.1) is 0 Å². The molecule has 3 N–H and O–H groups in total. The summed E-state index contributed by atoms with van der Waals surface area (Å²) in [5, 5.41) is 3.81. The van der Waals surface area contributed by atoms with Crippen molar-refractivity contribution in [2.75, 3.05) is 4.72 Å². The summed E-state index contributed by atoms with van der Waals surface area (Å²) in [5.74, 6) is 0.162. The zero-order valence-corrected chi connectivity index (χ0v) is 12.1. The highest BCUT2D eigenvalue weighted by Gasteiger charge is 2.18. The number of hydrogen-bond donors (Lipinski definition) is 2. The highest BCUT2D eigenvalue weighted by molar-refractivity contribution is 7.92. The fraction of sp³-hybridized carbons (Fsp3) is 0.333. The summed E-state index contributed by atoms with van der Waals surface area (Å²) >= 11 is 0. The molecule has 0 spiro atoms. The van der Waals surface area contributed by atoms with E-state index >= 15 is 0 Å². The number of rotatable bonds is 5. The highest BCUT2D eigenvalue weighted by atomic mass is 32.2. The number of anilines is 1. The van der Waals surface area contributed by atoms with Crippen LogP contribution in [0.25, 0.3) is 0 Å². The van der Waals surface area contributed by atoms with E-state index in [1.807, 2.05) is 13.0 Å². The van der Waals surface area contributed by atoms with Crippen molar-refractivity contribution in [1.82, 2.24) is 14.8 Å². The lowest BCUT2D eigenvalue weighted by Gasteiger charge is -2.12. The molecule has 0 aliphatic carbocycles. The molecule has 1 aromatic heterocycles. The van der Waals surface area contributed by atoms with Gasteiger partial charge >= 0.3 is 0 Å². The molecule has 20 heavy (non-hydrogen) atoms. The van der Waals surface area contributed by atoms with Crippen molar-refractivity contribution in [3.63, 3.8) is 0 Å². The van der Waals surface area contributed by atoms with Crippen LogP contribution in [-0.4, -0.2) is 23.2 Å². The van der Waals surface area contributed by atoms with Crippen LogP contribution in [0.5, 0.6) is 0 Å². The average Bonchev–Trinajstić information content (AvgIpc) is 2.83. The van der Waals surface area contributed by atoms with E-state index in [-0.39, 0.29) is 16.9 Å². The number of sulfonamides is 1. The fourth-order valence-electron chi connectivity index (χ4n) is 1.72. The number of nitrogens with one attached hydrogen (secondary N) is 1. The Morgan fingerprint density at radius 2 is 2.20 bits per heavy atom. The second-order valence-electron chi connectivity index (χ2n) is 4.40. The monoisotopic (exact) mass is 295 g/mol. The smallest absolute Gasteiger partial charge is 0.264 e. The molecule has 0 aliphatic heterocycles. The molecule has 1 atom stereocenters. The minimum absolute atomic E-state index is 0.155. The van der Waals surface area contributed by atoms with E-state index in [1.165, 1.54) is 17.1 Å². The molecule has 0 amide bonds. The Hall–Kier alpha value is -1.93. The molecular formula is C12H17N5O2S. The lowest BCUT2D eigenvalue weighted by atomic mass is 10.1. The van der Waals surface area contributed by atoms with Gasteiger partial charge in [-0.2, -0.15) is 10.1 Å². The van der Waals surface area contributed by atoms with Gasteiger partial charge in [0.15, 0.2) is 0 Å². The summed E-state index contributed by atoms with van der Waals surface area (Å²) in [6.07, 6.45) is 2.02. The molecule has 1 heterocycles. The summed E-state index contributed by atoms with van der Waals surface area (Å²) in [6, 6.07) is 6.41. The minimum atomic E-state index is -3.70. The van der Waals surface area contributed by atoms with E-state index in [1.54, 1.807) is 19.2 Å². The van der Waals surface area contributed by atoms with E-state index < -0.39 is 10.0 Å². The van der Waals surface area contributed by atoms with Gasteiger partial charge in [-0.3, -0.25) is 0 Å². The largest absolute Gasteiger partial charge is 0.324 e. The molecule has 0 fully saturated rings. The van der Waals surface area contributed by atoms with Gasteiger partial charge in [0.25, 0.3) is 10.0 Å². The predicted molar refractivity (Wildman–Crippen MR) is 75.5 cm³/mol. The molecule has 0 saturated carbocycles. The molecule has 8 heteroatoms. The third kappa shape index (κ3) is 2.97. The first-order valence-corrected chi connectivity index (χ1v) is 7.64. The van der Waals surface area contributed by atoms with Gasteiger partial charge in [0, 0.05) is 13.1 Å². The normalized spacial score (nSPS) is 13.2. The van der Waals surface area contributed by atoms with Crippen LogP contribution in [0.2, 0.25) is 0 Å². The maximum Gasteiger partial charge on any atom is 0.264 e. The lowest BCUT2D eigenvalue weighted by Crippen LogP contribution is -2.17. The zero-order valence-electron chi connectivity index (χ0n) is 11.3. The fourth-order valence-corrected chi connectivity index (χ4v) is 2.81. The van der Waals surface area contributed by atoms with Gasteiger partial charge < -0.3 is 5.73 Å². The number of hydrogen-bond acceptors (Lipinski definition) is 5. The van der Waals surface area contributed by atoms with E-state index in [2.05, 4.69) is 14.8 Å². The van der Waals surface area contributed by atoms with Crippen molar-refractivity contribution in [1.29, 1.82) is 0 Å². The second kappa shape index (κ2) is 5.59. The SMILES string of the molecule is CCC(N)c1cccc(S(=O)(=O)Nc2ncnn2C)c1. The van der Waals surface area contributed by atoms with E-state index in [4.69, 9.17) is 5.73 Å². The number of nitrogens with two attached hydrogens (primary N) is 1. The first-order valence-electron chi connectivity index (χ1n) is 6.16. The summed E-state index contributed by atoms with van der Waals surface area (Å²) in [6.45, 7) is 1.95. The molecule has 108 valence electrons. The van der Waals surface area contributed by atoms with Crippen molar-refractivity contribution in [2.45, 2.75) is 24.3 Å². The van der Waals surface area contributed by atoms with Crippen molar-refractivity contribution in [3.8, 4) is 0 Å². The standard InChI is InChI=1S/C12H17N5O2S/c1-3-11(13)9-5-4-6-10(7-9)20(18,19)16-12-14-8-15-17(12)2/h4-8,11H,3,13H2,1-2H3,(H,14,15,16). The van der Waals surface area contributed by atoms with E-state index in [0.29, 0.717) is 0 Å². The number of nitrogens with zero attached hydrogens (tertiary/aromatic N) is 3. The van der Waals surface area contributed by atoms with Crippen LogP contribution >= 0.6 is 0 Å². The predicted octanol–water partition coefficient (Wildman–Crippen LogP) is 1.03. The van der Waals surface area contributed by atoms with E-state index in [0.717, 1.165) is 12.0 Å². The Kier molecular flexibility index (Phi) is 4.05. The number of benzene rings is 1. The van der Waals surface area contributed by atoms with Crippen LogP contribution in [0.15, 0.2) is 35.5 Å². The molecular weight excluding hydrogens is 278 g/mol. The maximum absolute atomic E-state index is 12.3. The van der Waals surface area contributed by atoms with Crippen molar-refractivity contribution in [3.05, 3.63) is 36.2 Å². The van der Waals surface area contributed by atoms with Crippen molar-refractivity contribution >= 4 is 16.0 Å². The number of aryl methyl sites for hydroxylation is 1. The molecule has 0 aliphatic rings. The van der Waals surface area contributed by atoms with Crippen LogP contribution < -0.4 is 10.5 Å². The van der Waals surface area contributed by atoms with Crippen LogP contribution in [-0.2, 0) is 17.1 Å². The van der Waals surface area contributed by atoms with Gasteiger partial charge in [-0.1, -0.05) is 19.1 Å². The Morgan fingerprint density at radius 1 is 1.45 bits per heavy atom. The Morgan fingerprint density at radius 3 is 2.80 bits per heavy atom. The molecule has 1 aromatic carbocycles. The lowest BCUT2D eigenvalue weighted by molar-refractivity contribution is 0.599. The first kappa shape index (κ1) is 14.5. The van der Waals surface area contributed by atoms with Gasteiger partial charge in [0.2, 0.25) is 5.95 Å². The molecule has 2 rings (SSSR count). The molecule has 7 nitrogen and oxygen atoms in total. The third-order valence-electron chi connectivity index (χ3n) is 2.97. The zero-order chi connectivity index (χ0) is 14.8. The third-order valence-corrected chi connectivity index (χ3v) is 4.30. The van der Waals surface area contributed by atoms with Gasteiger partial charge in [-0.05, 0) is 24.1 Å².